The molecule has 0 aliphatic heterocycles. The van der Waals surface area contributed by atoms with Crippen molar-refractivity contribution in [3.05, 3.63) is 36.4 Å². The summed E-state index contributed by atoms with van der Waals surface area (Å²) in [5, 5.41) is -0.191. The molecule has 2 rings (SSSR count). The molecule has 0 heterocycles. The van der Waals surface area contributed by atoms with E-state index < -0.39 is 36.8 Å². The van der Waals surface area contributed by atoms with E-state index >= 15 is 0 Å². The van der Waals surface area contributed by atoms with Crippen molar-refractivity contribution in [2.45, 2.75) is 0 Å². The van der Waals surface area contributed by atoms with E-state index in [4.69, 9.17) is 0 Å². The van der Waals surface area contributed by atoms with E-state index in [0.29, 0.717) is 0 Å². The predicted octanol–water partition coefficient (Wildman–Crippen LogP) is 0.435. The number of hydrogen-bond acceptors (Lipinski definition) is 4. The standard InChI is InChI=1S/C10H10O6P2.2C2H6OS/c11-17(12,13)9-5-1-3-7-8(9)4-2-6-10(7)18(14,15)16;2*1-4(2)3/h1-6H,(H2,11,12,13)(H2,14,15,16);2*1-2H3. The summed E-state index contributed by atoms with van der Waals surface area (Å²) in [6.45, 7) is 0. The van der Waals surface area contributed by atoms with Crippen molar-refractivity contribution in [3.63, 3.8) is 0 Å². The molecule has 0 aliphatic rings. The van der Waals surface area contributed by atoms with Crippen LogP contribution in [-0.4, -0.2) is 53.0 Å². The maximum Gasteiger partial charge on any atom is 0.356 e. The average Bonchev–Trinajstić information content (AvgIpc) is 2.42. The van der Waals surface area contributed by atoms with Gasteiger partial charge in [0.1, 0.15) is 0 Å². The zero-order chi connectivity index (χ0) is 20.7. The average molecular weight is 444 g/mol. The van der Waals surface area contributed by atoms with Gasteiger partial charge >= 0.3 is 15.2 Å². The Labute approximate surface area is 156 Å². The summed E-state index contributed by atoms with van der Waals surface area (Å²) in [5.74, 6) is 0. The summed E-state index contributed by atoms with van der Waals surface area (Å²) in [5.41, 5.74) is 0. The molecule has 148 valence electrons. The fourth-order valence-corrected chi connectivity index (χ4v) is 3.36. The molecule has 0 radical (unpaired) electrons. The van der Waals surface area contributed by atoms with Crippen LogP contribution in [0.2, 0.25) is 0 Å². The molecule has 4 N–H and O–H groups in total. The van der Waals surface area contributed by atoms with Crippen LogP contribution < -0.4 is 10.6 Å². The Hall–Kier alpha value is -0.700. The smallest absolute Gasteiger partial charge is 0.321 e. The molecular formula is C14H22O8P2S2. The summed E-state index contributed by atoms with van der Waals surface area (Å²) >= 11 is 0. The molecular weight excluding hydrogens is 422 g/mol. The van der Waals surface area contributed by atoms with Crippen LogP contribution in [0.4, 0.5) is 0 Å². The molecule has 0 spiro atoms. The second-order valence-electron chi connectivity index (χ2n) is 5.22. The maximum absolute atomic E-state index is 11.3. The Morgan fingerprint density at radius 3 is 1.08 bits per heavy atom. The Kier molecular flexibility index (Phi) is 10.3. The second-order valence-corrected chi connectivity index (χ2v) is 11.3. The highest BCUT2D eigenvalue weighted by Gasteiger charge is 2.24. The highest BCUT2D eigenvalue weighted by atomic mass is 32.2. The van der Waals surface area contributed by atoms with Gasteiger partial charge in [0, 0.05) is 46.6 Å². The third kappa shape index (κ3) is 9.30. The van der Waals surface area contributed by atoms with Crippen molar-refractivity contribution >= 4 is 58.2 Å². The molecule has 0 atom stereocenters. The summed E-state index contributed by atoms with van der Waals surface area (Å²) in [4.78, 5) is 36.8. The largest absolute Gasteiger partial charge is 0.356 e. The second kappa shape index (κ2) is 10.6. The molecule has 12 heteroatoms. The quantitative estimate of drug-likeness (QED) is 0.488. The first-order chi connectivity index (χ1) is 11.7. The van der Waals surface area contributed by atoms with Crippen LogP contribution in [0.15, 0.2) is 36.4 Å². The van der Waals surface area contributed by atoms with E-state index in [-0.39, 0.29) is 21.4 Å². The lowest BCUT2D eigenvalue weighted by Crippen LogP contribution is -2.11. The molecule has 2 aromatic rings. The van der Waals surface area contributed by atoms with E-state index in [0.717, 1.165) is 0 Å². The van der Waals surface area contributed by atoms with Gasteiger partial charge in [-0.2, -0.15) is 0 Å². The van der Waals surface area contributed by atoms with E-state index in [1.54, 1.807) is 25.0 Å². The van der Waals surface area contributed by atoms with Crippen LogP contribution in [0.3, 0.4) is 0 Å². The van der Waals surface area contributed by atoms with Crippen LogP contribution in [-0.2, 0) is 30.7 Å². The molecule has 0 aromatic heterocycles. The van der Waals surface area contributed by atoms with Crippen LogP contribution in [0.5, 0.6) is 0 Å². The molecule has 0 saturated heterocycles. The maximum atomic E-state index is 11.3. The van der Waals surface area contributed by atoms with E-state index in [1.165, 1.54) is 36.4 Å². The van der Waals surface area contributed by atoms with Gasteiger partial charge in [0.25, 0.3) is 0 Å². The molecule has 0 unspecified atom stereocenters. The first-order valence-corrected chi connectivity index (χ1v) is 14.0. The lowest BCUT2D eigenvalue weighted by molar-refractivity contribution is 0.385. The highest BCUT2D eigenvalue weighted by Crippen LogP contribution is 2.39. The van der Waals surface area contributed by atoms with Crippen molar-refractivity contribution < 1.29 is 37.1 Å². The van der Waals surface area contributed by atoms with E-state index in [2.05, 4.69) is 0 Å². The summed E-state index contributed by atoms with van der Waals surface area (Å²) < 4.78 is 41.7. The minimum atomic E-state index is -4.49. The van der Waals surface area contributed by atoms with Gasteiger partial charge in [-0.15, -0.1) is 0 Å². The highest BCUT2D eigenvalue weighted by molar-refractivity contribution is 7.83. The lowest BCUT2D eigenvalue weighted by atomic mass is 10.1. The van der Waals surface area contributed by atoms with Crippen LogP contribution in [0.25, 0.3) is 10.8 Å². The molecule has 0 saturated carbocycles. The van der Waals surface area contributed by atoms with Crippen molar-refractivity contribution in [2.24, 2.45) is 0 Å². The van der Waals surface area contributed by atoms with E-state index in [1.807, 2.05) is 0 Å². The molecule has 0 aliphatic carbocycles. The van der Waals surface area contributed by atoms with Gasteiger partial charge < -0.3 is 19.6 Å². The van der Waals surface area contributed by atoms with Crippen LogP contribution in [0.1, 0.15) is 0 Å². The fourth-order valence-electron chi connectivity index (χ4n) is 1.78. The SMILES string of the molecule is CS(C)=O.CS(C)=O.O=P(O)(O)c1cccc2c(P(=O)(O)O)cccc12. The first-order valence-electron chi connectivity index (χ1n) is 6.82. The number of hydrogen-bond donors (Lipinski definition) is 4. The van der Waals surface area contributed by atoms with Crippen molar-refractivity contribution in [2.75, 3.05) is 25.0 Å². The van der Waals surface area contributed by atoms with Gasteiger partial charge in [-0.05, 0) is 22.9 Å². The summed E-state index contributed by atoms with van der Waals surface area (Å²) in [7, 11) is -10.2. The number of rotatable bonds is 2. The molecule has 2 aromatic carbocycles. The predicted molar refractivity (Wildman–Crippen MR) is 107 cm³/mol. The third-order valence-electron chi connectivity index (χ3n) is 2.50. The Morgan fingerprint density at radius 1 is 0.654 bits per heavy atom. The zero-order valence-electron chi connectivity index (χ0n) is 14.6. The monoisotopic (exact) mass is 444 g/mol. The van der Waals surface area contributed by atoms with Gasteiger partial charge in [0.05, 0.1) is 10.6 Å². The van der Waals surface area contributed by atoms with Crippen LogP contribution in [0, 0.1) is 0 Å². The Morgan fingerprint density at radius 2 is 0.885 bits per heavy atom. The first kappa shape index (κ1) is 25.3. The Bertz CT molecular complexity index is 806. The van der Waals surface area contributed by atoms with Gasteiger partial charge in [-0.25, -0.2) is 0 Å². The van der Waals surface area contributed by atoms with E-state index in [9.17, 15) is 37.1 Å². The minimum absolute atomic E-state index is 0.145. The molecule has 0 bridgehead atoms. The number of benzene rings is 2. The van der Waals surface area contributed by atoms with Crippen molar-refractivity contribution in [3.8, 4) is 0 Å². The van der Waals surface area contributed by atoms with Gasteiger partial charge in [-0.3, -0.25) is 17.5 Å². The van der Waals surface area contributed by atoms with Crippen molar-refractivity contribution in [1.82, 2.24) is 0 Å². The summed E-state index contributed by atoms with van der Waals surface area (Å²) in [6, 6.07) is 8.04. The van der Waals surface area contributed by atoms with Crippen molar-refractivity contribution in [1.29, 1.82) is 0 Å². The van der Waals surface area contributed by atoms with Crippen LogP contribution >= 0.6 is 15.2 Å². The minimum Gasteiger partial charge on any atom is -0.321 e. The fraction of sp³-hybridized carbons (Fsp3) is 0.286. The topological polar surface area (TPSA) is 149 Å². The molecule has 26 heavy (non-hydrogen) atoms. The third-order valence-corrected chi connectivity index (χ3v) is 4.54. The van der Waals surface area contributed by atoms with Gasteiger partial charge in [0.2, 0.25) is 0 Å². The zero-order valence-corrected chi connectivity index (χ0v) is 18.0. The normalized spacial score (nSPS) is 11.6. The summed E-state index contributed by atoms with van der Waals surface area (Å²) in [6.07, 6.45) is 6.56. The van der Waals surface area contributed by atoms with Gasteiger partial charge in [0.15, 0.2) is 0 Å². The molecule has 0 fully saturated rings. The lowest BCUT2D eigenvalue weighted by Gasteiger charge is -2.12. The molecule has 8 nitrogen and oxygen atoms in total. The number of fused-ring (bicyclic) bond motifs is 1. The Balaban J connectivity index is 0.000000662. The molecule has 0 amide bonds. The van der Waals surface area contributed by atoms with Gasteiger partial charge in [-0.1, -0.05) is 24.3 Å².